The van der Waals surface area contributed by atoms with Gasteiger partial charge in [-0.3, -0.25) is 9.13 Å². The summed E-state index contributed by atoms with van der Waals surface area (Å²) in [5.41, 5.74) is 21.5. The van der Waals surface area contributed by atoms with Crippen LogP contribution < -0.4 is 0 Å². The van der Waals surface area contributed by atoms with Gasteiger partial charge in [-0.05, 0) is 137 Å². The molecule has 0 saturated heterocycles. The van der Waals surface area contributed by atoms with Gasteiger partial charge in [0.05, 0.1) is 44.1 Å². The maximum Gasteiger partial charge on any atom is 0.238 e. The van der Waals surface area contributed by atoms with Crippen molar-refractivity contribution in [3.05, 3.63) is 353 Å². The first kappa shape index (κ1) is 63.6. The Kier molecular flexibility index (Phi) is 14.8. The summed E-state index contributed by atoms with van der Waals surface area (Å²) in [4.78, 5) is 58.5. The van der Waals surface area contributed by atoms with E-state index in [4.69, 9.17) is 29.9 Å². The molecule has 0 radical (unpaired) electrons. The molecule has 22 aromatic rings. The van der Waals surface area contributed by atoms with E-state index < -0.39 is 0 Å². The zero-order chi connectivity index (χ0) is 73.7. The SMILES string of the molecule is c1ccc(-c2nc(-c3cccc(-c4cccc(-c5nc(-c6ccccc6)nc(-n6c7ccccc7c7ccc(-c8ccc9c%10ccccc%10n(-c%10ccccc%10)c9c8)cc76)n5)c4)c3)nc(-n3c4ccccc4c4cc(-c5ccc6c(c5)c5ccccc5n6-c5cc(-c6ncncn6)cc(-c6ncncn6)c5)ccc43)n2)cc1. The van der Waals surface area contributed by atoms with Gasteiger partial charge < -0.3 is 9.13 Å². The molecule has 16 nitrogen and oxygen atoms in total. The van der Waals surface area contributed by atoms with E-state index in [-0.39, 0.29) is 0 Å². The van der Waals surface area contributed by atoms with Crippen LogP contribution in [0.2, 0.25) is 0 Å². The average molecular weight is 1440 g/mol. The van der Waals surface area contributed by atoms with Crippen LogP contribution >= 0.6 is 0 Å². The first-order valence-electron chi connectivity index (χ1n) is 36.9. The minimum absolute atomic E-state index is 0.492. The molecule has 112 heavy (non-hydrogen) atoms. The molecule has 0 atom stereocenters. The van der Waals surface area contributed by atoms with E-state index in [1.54, 1.807) is 0 Å². The maximum atomic E-state index is 5.47. The Morgan fingerprint density at radius 2 is 0.464 bits per heavy atom. The lowest BCUT2D eigenvalue weighted by Crippen LogP contribution is -2.06. The summed E-state index contributed by atoms with van der Waals surface area (Å²) in [5, 5.41) is 8.92. The van der Waals surface area contributed by atoms with E-state index in [2.05, 4.69) is 321 Å². The first-order valence-corrected chi connectivity index (χ1v) is 36.9. The van der Waals surface area contributed by atoms with E-state index in [0.29, 0.717) is 46.8 Å². The van der Waals surface area contributed by atoms with Crippen molar-refractivity contribution in [1.29, 1.82) is 0 Å². The molecule has 0 bridgehead atoms. The van der Waals surface area contributed by atoms with Crippen molar-refractivity contribution in [2.45, 2.75) is 0 Å². The molecule has 14 aromatic carbocycles. The second kappa shape index (κ2) is 26.1. The molecule has 0 aliphatic rings. The Bertz CT molecular complexity index is 7450. The summed E-state index contributed by atoms with van der Waals surface area (Å²) >= 11 is 0. The Morgan fingerprint density at radius 1 is 0.161 bits per heavy atom. The second-order valence-corrected chi connectivity index (χ2v) is 27.8. The van der Waals surface area contributed by atoms with Crippen molar-refractivity contribution in [1.82, 2.24) is 78.1 Å². The fourth-order valence-electron chi connectivity index (χ4n) is 16.2. The molecular weight excluding hydrogens is 1380 g/mol. The lowest BCUT2D eigenvalue weighted by Gasteiger charge is -2.13. The summed E-state index contributed by atoms with van der Waals surface area (Å²) in [5.74, 6) is 4.24. The van der Waals surface area contributed by atoms with Gasteiger partial charge in [-0.25, -0.2) is 39.9 Å². The maximum absolute atomic E-state index is 5.47. The molecule has 0 unspecified atom stereocenters. The highest BCUT2D eigenvalue weighted by atomic mass is 15.2. The third kappa shape index (κ3) is 10.8. The van der Waals surface area contributed by atoms with Gasteiger partial charge >= 0.3 is 0 Å². The number of rotatable bonds is 13. The molecule has 22 rings (SSSR count). The minimum atomic E-state index is 0.492. The standard InChI is InChI=1S/C96H58N16/c1-4-20-59(21-5-1)91-103-93(107-95(105-91)111-84-37-17-13-33-76(84)80-52-64(41-45-86(80)111)63-40-44-85-79(51-63)75-32-12-15-35-82(75)110(85)72-49-69(89-99-55-97-56-100-89)48-70(50-72)90-101-57-98-58-102-90)67-26-18-24-61(46-67)62-25-19-27-68(47-62)94-104-92(60-22-6-2-7-23-60)106-96(108-94)112-83-36-16-11-31-74(83)78-43-39-66(54-88(78)112)65-38-42-77-73-30-10-14-34-81(73)109(87(77)53-65)71-28-8-3-9-29-71/h1-58H. The number of hydrogen-bond acceptors (Lipinski definition) is 12. The summed E-state index contributed by atoms with van der Waals surface area (Å²) in [6.45, 7) is 0. The first-order chi connectivity index (χ1) is 55.5. The van der Waals surface area contributed by atoms with Gasteiger partial charge in [0.2, 0.25) is 11.9 Å². The van der Waals surface area contributed by atoms with Gasteiger partial charge in [0, 0.05) is 87.8 Å². The summed E-state index contributed by atoms with van der Waals surface area (Å²) < 4.78 is 9.02. The Labute approximate surface area is 639 Å². The van der Waals surface area contributed by atoms with Crippen LogP contribution in [0.1, 0.15) is 0 Å². The highest BCUT2D eigenvalue weighted by Gasteiger charge is 2.24. The predicted molar refractivity (Wildman–Crippen MR) is 446 cm³/mol. The fraction of sp³-hybridized carbons (Fsp3) is 0. The van der Waals surface area contributed by atoms with Crippen LogP contribution in [0.15, 0.2) is 353 Å². The van der Waals surface area contributed by atoms with Crippen molar-refractivity contribution in [2.24, 2.45) is 0 Å². The molecular formula is C96H58N16. The average Bonchev–Trinajstić information content (AvgIpc) is 1.59. The van der Waals surface area contributed by atoms with Crippen LogP contribution in [-0.4, -0.2) is 78.1 Å². The van der Waals surface area contributed by atoms with Crippen LogP contribution in [0, 0.1) is 0 Å². The van der Waals surface area contributed by atoms with Crippen molar-refractivity contribution < 1.29 is 0 Å². The summed E-state index contributed by atoms with van der Waals surface area (Å²) in [6.07, 6.45) is 6.03. The molecule has 0 amide bonds. The van der Waals surface area contributed by atoms with E-state index in [0.717, 1.165) is 155 Å². The Balaban J connectivity index is 0.635. The molecule has 8 heterocycles. The van der Waals surface area contributed by atoms with Gasteiger partial charge in [0.1, 0.15) is 25.3 Å². The van der Waals surface area contributed by atoms with Gasteiger partial charge in [0.25, 0.3) is 0 Å². The quantitative estimate of drug-likeness (QED) is 0.107. The summed E-state index contributed by atoms with van der Waals surface area (Å²) in [7, 11) is 0. The number of nitrogens with zero attached hydrogens (tertiary/aromatic N) is 16. The Morgan fingerprint density at radius 3 is 0.929 bits per heavy atom. The second-order valence-electron chi connectivity index (χ2n) is 27.8. The molecule has 0 fully saturated rings. The van der Waals surface area contributed by atoms with Crippen LogP contribution in [-0.2, 0) is 0 Å². The van der Waals surface area contributed by atoms with Crippen molar-refractivity contribution >= 4 is 87.2 Å². The molecule has 0 spiro atoms. The van der Waals surface area contributed by atoms with Crippen LogP contribution in [0.3, 0.4) is 0 Å². The monoisotopic (exact) mass is 1430 g/mol. The van der Waals surface area contributed by atoms with Gasteiger partial charge in [-0.1, -0.05) is 224 Å². The predicted octanol–water partition coefficient (Wildman–Crippen LogP) is 21.8. The van der Waals surface area contributed by atoms with Crippen molar-refractivity contribution in [3.8, 4) is 125 Å². The molecule has 8 aromatic heterocycles. The Hall–Kier alpha value is -15.7. The molecule has 522 valence electrons. The minimum Gasteiger partial charge on any atom is -0.309 e. The third-order valence-corrected chi connectivity index (χ3v) is 21.3. The third-order valence-electron chi connectivity index (χ3n) is 21.3. The largest absolute Gasteiger partial charge is 0.309 e. The van der Waals surface area contributed by atoms with Crippen molar-refractivity contribution in [2.75, 3.05) is 0 Å². The van der Waals surface area contributed by atoms with Gasteiger partial charge in [0.15, 0.2) is 34.9 Å². The van der Waals surface area contributed by atoms with E-state index in [1.165, 1.54) is 36.1 Å². The highest BCUT2D eigenvalue weighted by Crippen LogP contribution is 2.43. The van der Waals surface area contributed by atoms with Crippen LogP contribution in [0.25, 0.3) is 212 Å². The molecule has 0 saturated carbocycles. The number of benzene rings is 14. The number of aromatic nitrogens is 16. The number of fused-ring (bicyclic) bond motifs is 12. The lowest BCUT2D eigenvalue weighted by molar-refractivity contribution is 0.953. The lowest BCUT2D eigenvalue weighted by atomic mass is 10.0. The number of para-hydroxylation sites is 5. The fourth-order valence-corrected chi connectivity index (χ4v) is 16.2. The normalized spacial score (nSPS) is 11.8. The topological polar surface area (TPSA) is 174 Å². The highest BCUT2D eigenvalue weighted by molar-refractivity contribution is 6.15. The zero-order valence-corrected chi connectivity index (χ0v) is 59.6. The molecule has 0 N–H and O–H groups in total. The number of hydrogen-bond donors (Lipinski definition) is 0. The van der Waals surface area contributed by atoms with E-state index in [9.17, 15) is 0 Å². The smallest absolute Gasteiger partial charge is 0.238 e. The zero-order valence-electron chi connectivity index (χ0n) is 59.6. The van der Waals surface area contributed by atoms with E-state index >= 15 is 0 Å². The molecule has 0 aliphatic carbocycles. The van der Waals surface area contributed by atoms with E-state index in [1.807, 2.05) is 54.6 Å². The van der Waals surface area contributed by atoms with Gasteiger partial charge in [-0.15, -0.1) is 0 Å². The molecule has 16 heteroatoms. The van der Waals surface area contributed by atoms with Crippen molar-refractivity contribution in [3.63, 3.8) is 0 Å². The molecule has 0 aliphatic heterocycles. The van der Waals surface area contributed by atoms with Crippen LogP contribution in [0.4, 0.5) is 0 Å². The van der Waals surface area contributed by atoms with Crippen LogP contribution in [0.5, 0.6) is 0 Å². The summed E-state index contributed by atoms with van der Waals surface area (Å²) in [6, 6.07) is 115. The van der Waals surface area contributed by atoms with Gasteiger partial charge in [-0.2, -0.15) is 19.9 Å².